The largest absolute Gasteiger partial charge is 0.496 e. The second-order valence-electron chi connectivity index (χ2n) is 5.24. The third-order valence-electron chi connectivity index (χ3n) is 3.55. The van der Waals surface area contributed by atoms with Crippen LogP contribution in [0.2, 0.25) is 0 Å². The lowest BCUT2D eigenvalue weighted by Gasteiger charge is -2.25. The summed E-state index contributed by atoms with van der Waals surface area (Å²) in [5.41, 5.74) is 0.875. The van der Waals surface area contributed by atoms with E-state index in [-0.39, 0.29) is 13.0 Å². The third kappa shape index (κ3) is 3.57. The van der Waals surface area contributed by atoms with Crippen molar-refractivity contribution < 1.29 is 28.8 Å². The summed E-state index contributed by atoms with van der Waals surface area (Å²) in [6, 6.07) is 3.22. The van der Waals surface area contributed by atoms with Gasteiger partial charge in [0.2, 0.25) is 5.88 Å². The molecule has 2 heterocycles. The van der Waals surface area contributed by atoms with E-state index in [1.54, 1.807) is 19.1 Å². The van der Waals surface area contributed by atoms with Crippen LogP contribution >= 0.6 is 0 Å². The minimum absolute atomic E-state index is 0.216. The van der Waals surface area contributed by atoms with Gasteiger partial charge in [0.05, 0.1) is 19.9 Å². The zero-order valence-corrected chi connectivity index (χ0v) is 13.8. The first kappa shape index (κ1) is 17.2. The highest BCUT2D eigenvalue weighted by atomic mass is 16.6. The van der Waals surface area contributed by atoms with E-state index in [4.69, 9.17) is 18.9 Å². The summed E-state index contributed by atoms with van der Waals surface area (Å²) in [5, 5.41) is 10.7. The lowest BCUT2D eigenvalue weighted by atomic mass is 9.85. The highest BCUT2D eigenvalue weighted by molar-refractivity contribution is 6.49. The molecule has 129 valence electrons. The molecule has 2 aromatic rings. The normalized spacial score (nSPS) is 18.2. The van der Waals surface area contributed by atoms with Crippen molar-refractivity contribution in [2.45, 2.75) is 19.1 Å². The number of benzene rings is 1. The fourth-order valence-corrected chi connectivity index (χ4v) is 2.56. The van der Waals surface area contributed by atoms with E-state index in [1.165, 1.54) is 33.2 Å². The zero-order chi connectivity index (χ0) is 17.9. The average Bonchev–Trinajstić information content (AvgIpc) is 2.92. The minimum atomic E-state index is -1.85. The van der Waals surface area contributed by atoms with E-state index in [9.17, 15) is 9.90 Å². The molecule has 25 heavy (non-hydrogen) atoms. The molecule has 0 spiro atoms. The summed E-state index contributed by atoms with van der Waals surface area (Å²) >= 11 is 0. The summed E-state index contributed by atoms with van der Waals surface area (Å²) in [5.74, 6) is -1.37. The van der Waals surface area contributed by atoms with Crippen LogP contribution < -0.4 is 14.9 Å². The van der Waals surface area contributed by atoms with Gasteiger partial charge in [-0.2, -0.15) is 0 Å². The summed E-state index contributed by atoms with van der Waals surface area (Å²) in [6.45, 7) is 1.90. The molecule has 1 atom stereocenters. The van der Waals surface area contributed by atoms with Crippen LogP contribution in [0.4, 0.5) is 0 Å². The van der Waals surface area contributed by atoms with Gasteiger partial charge in [-0.25, -0.2) is 4.98 Å². The van der Waals surface area contributed by atoms with E-state index in [0.29, 0.717) is 28.4 Å². The first-order chi connectivity index (χ1) is 12.1. The number of methoxy groups -OCH3 is 1. The number of rotatable bonds is 6. The van der Waals surface area contributed by atoms with Crippen LogP contribution in [0.3, 0.4) is 0 Å². The predicted molar refractivity (Wildman–Crippen MR) is 86.7 cm³/mol. The Morgan fingerprint density at radius 1 is 1.40 bits per heavy atom. The summed E-state index contributed by atoms with van der Waals surface area (Å²) in [4.78, 5) is 19.7. The fraction of sp³-hybridized carbons (Fsp3) is 0.312. The molecule has 1 aromatic carbocycles. The van der Waals surface area contributed by atoms with Gasteiger partial charge in [-0.3, -0.25) is 9.78 Å². The van der Waals surface area contributed by atoms with E-state index in [1.807, 2.05) is 0 Å². The van der Waals surface area contributed by atoms with Crippen molar-refractivity contribution in [3.63, 3.8) is 0 Å². The van der Waals surface area contributed by atoms with Crippen molar-refractivity contribution in [1.29, 1.82) is 0 Å². The molecule has 1 radical (unpaired) electrons. The Bertz CT molecular complexity index is 773. The van der Waals surface area contributed by atoms with E-state index >= 15 is 0 Å². The second-order valence-corrected chi connectivity index (χ2v) is 5.24. The predicted octanol–water partition coefficient (Wildman–Crippen LogP) is 0.650. The number of carbonyl (C=O) groups excluding carboxylic acids is 1. The number of aromatic nitrogens is 2. The highest BCUT2D eigenvalue weighted by Gasteiger charge is 2.44. The van der Waals surface area contributed by atoms with Crippen molar-refractivity contribution in [3.8, 4) is 17.4 Å². The smallest absolute Gasteiger partial charge is 0.335 e. The van der Waals surface area contributed by atoms with Gasteiger partial charge in [0.25, 0.3) is 0 Å². The standard InChI is InChI=1S/C16H16BN2O6/c1-3-23-14(20)8-16(21)15-11(17-25-16)6-10(7-12(15)22-2)24-13-9-18-4-5-19-13/h4-7,9,21H,3,8H2,1-2H3. The van der Waals surface area contributed by atoms with Crippen LogP contribution in [-0.4, -0.2) is 42.2 Å². The second kappa shape index (κ2) is 7.08. The molecule has 1 N–H and O–H groups in total. The van der Waals surface area contributed by atoms with Crippen LogP contribution in [-0.2, 0) is 20.0 Å². The molecule has 3 rings (SSSR count). The number of esters is 1. The molecule has 0 fully saturated rings. The number of nitrogens with zero attached hydrogens (tertiary/aromatic N) is 2. The van der Waals surface area contributed by atoms with Gasteiger partial charge in [0.15, 0.2) is 5.79 Å². The number of ether oxygens (including phenoxy) is 3. The van der Waals surface area contributed by atoms with Crippen molar-refractivity contribution in [1.82, 2.24) is 9.97 Å². The van der Waals surface area contributed by atoms with Crippen LogP contribution in [0.25, 0.3) is 0 Å². The molecule has 9 heteroatoms. The summed E-state index contributed by atoms with van der Waals surface area (Å²) < 4.78 is 21.2. The molecular formula is C16H16BN2O6. The molecule has 0 aliphatic carbocycles. The molecule has 0 bridgehead atoms. The molecular weight excluding hydrogens is 327 g/mol. The van der Waals surface area contributed by atoms with Crippen LogP contribution in [0.1, 0.15) is 18.9 Å². The van der Waals surface area contributed by atoms with E-state index < -0.39 is 11.8 Å². The number of hydrogen-bond donors (Lipinski definition) is 1. The Hall–Kier alpha value is -2.65. The van der Waals surface area contributed by atoms with E-state index in [0.717, 1.165) is 0 Å². The molecule has 1 aliphatic heterocycles. The number of fused-ring (bicyclic) bond motifs is 1. The maximum Gasteiger partial charge on any atom is 0.335 e. The maximum absolute atomic E-state index is 11.8. The van der Waals surface area contributed by atoms with Crippen LogP contribution in [0, 0.1) is 0 Å². The van der Waals surface area contributed by atoms with Crippen molar-refractivity contribution in [2.75, 3.05) is 13.7 Å². The molecule has 0 saturated heterocycles. The van der Waals surface area contributed by atoms with Gasteiger partial charge in [-0.1, -0.05) is 0 Å². The zero-order valence-electron chi connectivity index (χ0n) is 13.8. The third-order valence-corrected chi connectivity index (χ3v) is 3.55. The molecule has 0 saturated carbocycles. The number of carbonyl (C=O) groups is 1. The number of aliphatic hydroxyl groups is 1. The van der Waals surface area contributed by atoms with Crippen molar-refractivity contribution in [2.24, 2.45) is 0 Å². The Balaban J connectivity index is 1.91. The molecule has 1 aromatic heterocycles. The first-order valence-corrected chi connectivity index (χ1v) is 7.61. The monoisotopic (exact) mass is 343 g/mol. The Morgan fingerprint density at radius 2 is 2.24 bits per heavy atom. The molecule has 1 aliphatic rings. The number of hydrogen-bond acceptors (Lipinski definition) is 8. The van der Waals surface area contributed by atoms with Gasteiger partial charge < -0.3 is 24.0 Å². The van der Waals surface area contributed by atoms with Crippen molar-refractivity contribution >= 4 is 18.9 Å². The lowest BCUT2D eigenvalue weighted by Crippen LogP contribution is -2.30. The topological polar surface area (TPSA) is 100 Å². The summed E-state index contributed by atoms with van der Waals surface area (Å²) in [7, 11) is 2.80. The van der Waals surface area contributed by atoms with Gasteiger partial charge in [0.1, 0.15) is 17.9 Å². The van der Waals surface area contributed by atoms with Gasteiger partial charge in [-0.05, 0) is 18.5 Å². The average molecular weight is 343 g/mol. The maximum atomic E-state index is 11.8. The summed E-state index contributed by atoms with van der Waals surface area (Å²) in [6.07, 6.45) is 4.16. The van der Waals surface area contributed by atoms with Gasteiger partial charge in [0, 0.05) is 24.0 Å². The van der Waals surface area contributed by atoms with Gasteiger partial charge in [-0.15, -0.1) is 0 Å². The first-order valence-electron chi connectivity index (χ1n) is 7.61. The Morgan fingerprint density at radius 3 is 2.92 bits per heavy atom. The molecule has 0 amide bonds. The minimum Gasteiger partial charge on any atom is -0.496 e. The fourth-order valence-electron chi connectivity index (χ4n) is 2.56. The lowest BCUT2D eigenvalue weighted by molar-refractivity contribution is -0.174. The molecule has 8 nitrogen and oxygen atoms in total. The quantitative estimate of drug-likeness (QED) is 0.603. The van der Waals surface area contributed by atoms with Crippen LogP contribution in [0.5, 0.6) is 17.4 Å². The highest BCUT2D eigenvalue weighted by Crippen LogP contribution is 2.38. The van der Waals surface area contributed by atoms with E-state index in [2.05, 4.69) is 9.97 Å². The molecule has 1 unspecified atom stereocenters. The SMILES string of the molecule is CCOC(=O)CC1(O)O[B]c2cc(Oc3cnccn3)cc(OC)c21. The van der Waals surface area contributed by atoms with Crippen LogP contribution in [0.15, 0.2) is 30.7 Å². The van der Waals surface area contributed by atoms with Gasteiger partial charge >= 0.3 is 13.5 Å². The Labute approximate surface area is 145 Å². The van der Waals surface area contributed by atoms with Crippen molar-refractivity contribution in [3.05, 3.63) is 36.3 Å². The Kier molecular flexibility index (Phi) is 4.87.